The van der Waals surface area contributed by atoms with Gasteiger partial charge in [-0.3, -0.25) is 4.68 Å². The highest BCUT2D eigenvalue weighted by atomic mass is 15.3. The number of allylic oxidation sites excluding steroid dienone is 1. The largest absolute Gasteiger partial charge is 0.338 e. The lowest BCUT2D eigenvalue weighted by atomic mass is 10.2. The molecule has 0 atom stereocenters. The maximum Gasteiger partial charge on any atom is 0.141 e. The second-order valence-corrected chi connectivity index (χ2v) is 4.70. The number of rotatable bonds is 3. The second kappa shape index (κ2) is 4.39. The molecule has 3 aromatic rings. The second-order valence-electron chi connectivity index (χ2n) is 4.70. The molecule has 0 unspecified atom stereocenters. The first-order valence-electron chi connectivity index (χ1n) is 6.29. The van der Waals surface area contributed by atoms with E-state index in [1.807, 2.05) is 36.0 Å². The van der Waals surface area contributed by atoms with E-state index >= 15 is 0 Å². The van der Waals surface area contributed by atoms with Crippen LogP contribution in [0.5, 0.6) is 0 Å². The van der Waals surface area contributed by atoms with Crippen LogP contribution < -0.4 is 0 Å². The highest BCUT2D eigenvalue weighted by Gasteiger charge is 2.12. The lowest BCUT2D eigenvalue weighted by molar-refractivity contribution is 0.695. The Bertz CT molecular complexity index is 749. The van der Waals surface area contributed by atoms with Gasteiger partial charge < -0.3 is 4.98 Å². The van der Waals surface area contributed by atoms with Crippen LogP contribution in [0.15, 0.2) is 37.1 Å². The van der Waals surface area contributed by atoms with E-state index in [0.717, 1.165) is 28.1 Å². The Balaban J connectivity index is 2.13. The van der Waals surface area contributed by atoms with Crippen LogP contribution in [0.2, 0.25) is 0 Å². The Morgan fingerprint density at radius 3 is 2.95 bits per heavy atom. The zero-order valence-corrected chi connectivity index (χ0v) is 11.1. The Morgan fingerprint density at radius 1 is 1.37 bits per heavy atom. The van der Waals surface area contributed by atoms with Crippen LogP contribution >= 0.6 is 0 Å². The number of hydrogen-bond donors (Lipinski definition) is 1. The van der Waals surface area contributed by atoms with Crippen LogP contribution in [0.3, 0.4) is 0 Å². The summed E-state index contributed by atoms with van der Waals surface area (Å²) in [5, 5.41) is 4.45. The van der Waals surface area contributed by atoms with Gasteiger partial charge in [0.1, 0.15) is 5.82 Å². The first kappa shape index (κ1) is 11.7. The van der Waals surface area contributed by atoms with Crippen molar-refractivity contribution in [2.45, 2.75) is 20.4 Å². The minimum Gasteiger partial charge on any atom is -0.338 e. The summed E-state index contributed by atoms with van der Waals surface area (Å²) >= 11 is 0. The third-order valence-electron chi connectivity index (χ3n) is 3.23. The molecule has 1 N–H and O–H groups in total. The lowest BCUT2D eigenvalue weighted by Gasteiger charge is -1.91. The van der Waals surface area contributed by atoms with Gasteiger partial charge in [-0.25, -0.2) is 4.98 Å². The minimum atomic E-state index is 0.708. The predicted molar refractivity (Wildman–Crippen MR) is 77.0 cm³/mol. The predicted octanol–water partition coefficient (Wildman–Crippen LogP) is 3.23. The van der Waals surface area contributed by atoms with E-state index in [4.69, 9.17) is 0 Å². The van der Waals surface area contributed by atoms with E-state index < -0.39 is 0 Å². The van der Waals surface area contributed by atoms with Gasteiger partial charge in [0, 0.05) is 6.20 Å². The number of H-pyrrole nitrogens is 1. The summed E-state index contributed by atoms with van der Waals surface area (Å²) in [4.78, 5) is 8.04. The average molecular weight is 252 g/mol. The summed E-state index contributed by atoms with van der Waals surface area (Å²) in [5.41, 5.74) is 5.27. The van der Waals surface area contributed by atoms with Gasteiger partial charge in [-0.1, -0.05) is 18.2 Å². The molecular weight excluding hydrogens is 236 g/mol. The summed E-state index contributed by atoms with van der Waals surface area (Å²) < 4.78 is 1.87. The maximum absolute atomic E-state index is 4.68. The Morgan fingerprint density at radius 2 is 2.21 bits per heavy atom. The van der Waals surface area contributed by atoms with Gasteiger partial charge >= 0.3 is 0 Å². The summed E-state index contributed by atoms with van der Waals surface area (Å²) in [6.07, 6.45) is 3.84. The Hall–Kier alpha value is -2.36. The molecule has 2 heterocycles. The topological polar surface area (TPSA) is 46.5 Å². The molecule has 0 bridgehead atoms. The SMILES string of the molecule is C=CCn1cc(-c2nc3c(C)cccc3[nH]2)c(C)n1. The van der Waals surface area contributed by atoms with E-state index in [1.165, 1.54) is 5.56 Å². The van der Waals surface area contributed by atoms with E-state index in [1.54, 1.807) is 0 Å². The number of imidazole rings is 1. The van der Waals surface area contributed by atoms with Crippen LogP contribution in [0.1, 0.15) is 11.3 Å². The number of aromatic nitrogens is 4. The van der Waals surface area contributed by atoms with Crippen LogP contribution in [-0.4, -0.2) is 19.7 Å². The zero-order valence-electron chi connectivity index (χ0n) is 11.1. The lowest BCUT2D eigenvalue weighted by Crippen LogP contribution is -1.94. The van der Waals surface area contributed by atoms with Crippen molar-refractivity contribution in [3.63, 3.8) is 0 Å². The first-order valence-corrected chi connectivity index (χ1v) is 6.29. The van der Waals surface area contributed by atoms with Crippen molar-refractivity contribution in [1.29, 1.82) is 0 Å². The molecule has 4 heteroatoms. The monoisotopic (exact) mass is 252 g/mol. The van der Waals surface area contributed by atoms with Crippen LogP contribution in [0, 0.1) is 13.8 Å². The third-order valence-corrected chi connectivity index (χ3v) is 3.23. The summed E-state index contributed by atoms with van der Waals surface area (Å²) in [6, 6.07) is 6.15. The molecule has 3 rings (SSSR count). The Labute approximate surface area is 111 Å². The molecule has 0 saturated heterocycles. The molecule has 19 heavy (non-hydrogen) atoms. The summed E-state index contributed by atoms with van der Waals surface area (Å²) in [6.45, 7) is 8.50. The van der Waals surface area contributed by atoms with Gasteiger partial charge in [-0.05, 0) is 25.5 Å². The van der Waals surface area contributed by atoms with Crippen molar-refractivity contribution < 1.29 is 0 Å². The number of para-hydroxylation sites is 1. The first-order chi connectivity index (χ1) is 9.19. The van der Waals surface area contributed by atoms with E-state index in [0.29, 0.717) is 6.54 Å². The van der Waals surface area contributed by atoms with Crippen molar-refractivity contribution in [3.05, 3.63) is 48.3 Å². The van der Waals surface area contributed by atoms with E-state index in [-0.39, 0.29) is 0 Å². The number of aryl methyl sites for hydroxylation is 2. The molecule has 2 aromatic heterocycles. The van der Waals surface area contributed by atoms with Crippen molar-refractivity contribution >= 4 is 11.0 Å². The number of aromatic amines is 1. The van der Waals surface area contributed by atoms with Gasteiger partial charge in [-0.15, -0.1) is 6.58 Å². The zero-order chi connectivity index (χ0) is 13.4. The molecule has 0 radical (unpaired) electrons. The normalized spacial score (nSPS) is 11.1. The van der Waals surface area contributed by atoms with Crippen LogP contribution in [0.25, 0.3) is 22.4 Å². The van der Waals surface area contributed by atoms with Gasteiger partial charge in [0.05, 0.1) is 28.8 Å². The third kappa shape index (κ3) is 1.95. The highest BCUT2D eigenvalue weighted by molar-refractivity contribution is 5.82. The molecule has 0 aliphatic carbocycles. The molecule has 0 saturated carbocycles. The maximum atomic E-state index is 4.68. The number of fused-ring (bicyclic) bond motifs is 1. The average Bonchev–Trinajstić information content (AvgIpc) is 2.94. The highest BCUT2D eigenvalue weighted by Crippen LogP contribution is 2.24. The standard InChI is InChI=1S/C15H16N4/c1-4-8-19-9-12(11(3)18-19)15-16-13-7-5-6-10(2)14(13)17-15/h4-7,9H,1,8H2,2-3H3,(H,16,17). The Kier molecular flexibility index (Phi) is 2.71. The van der Waals surface area contributed by atoms with Crippen LogP contribution in [-0.2, 0) is 6.54 Å². The number of nitrogens with zero attached hydrogens (tertiary/aromatic N) is 3. The van der Waals surface area contributed by atoms with Crippen molar-refractivity contribution in [3.8, 4) is 11.4 Å². The molecule has 0 amide bonds. The summed E-state index contributed by atoms with van der Waals surface area (Å²) in [5.74, 6) is 0.872. The van der Waals surface area contributed by atoms with Crippen molar-refractivity contribution in [2.24, 2.45) is 0 Å². The molecule has 96 valence electrons. The summed E-state index contributed by atoms with van der Waals surface area (Å²) in [7, 11) is 0. The van der Waals surface area contributed by atoms with Gasteiger partial charge in [0.15, 0.2) is 0 Å². The van der Waals surface area contributed by atoms with Gasteiger partial charge in [-0.2, -0.15) is 5.10 Å². The van der Waals surface area contributed by atoms with Gasteiger partial charge in [0.25, 0.3) is 0 Å². The van der Waals surface area contributed by atoms with Crippen LogP contribution in [0.4, 0.5) is 0 Å². The number of benzene rings is 1. The fourth-order valence-corrected chi connectivity index (χ4v) is 2.28. The quantitative estimate of drug-likeness (QED) is 0.727. The molecule has 0 spiro atoms. The minimum absolute atomic E-state index is 0.708. The number of hydrogen-bond acceptors (Lipinski definition) is 2. The molecule has 1 aromatic carbocycles. The smallest absolute Gasteiger partial charge is 0.141 e. The number of nitrogens with one attached hydrogen (secondary N) is 1. The van der Waals surface area contributed by atoms with Crippen molar-refractivity contribution in [2.75, 3.05) is 0 Å². The molecular formula is C15H16N4. The molecule has 0 fully saturated rings. The fourth-order valence-electron chi connectivity index (χ4n) is 2.28. The van der Waals surface area contributed by atoms with Gasteiger partial charge in [0.2, 0.25) is 0 Å². The molecule has 0 aliphatic rings. The van der Waals surface area contributed by atoms with Crippen molar-refractivity contribution in [1.82, 2.24) is 19.7 Å². The molecule has 0 aliphatic heterocycles. The van der Waals surface area contributed by atoms with E-state index in [9.17, 15) is 0 Å². The van der Waals surface area contributed by atoms with E-state index in [2.05, 4.69) is 34.6 Å². The molecule has 4 nitrogen and oxygen atoms in total. The fraction of sp³-hybridized carbons (Fsp3) is 0.200.